The van der Waals surface area contributed by atoms with Crippen LogP contribution in [0.1, 0.15) is 11.1 Å². The summed E-state index contributed by atoms with van der Waals surface area (Å²) in [5, 5.41) is 12.3. The van der Waals surface area contributed by atoms with Crippen LogP contribution in [0.15, 0.2) is 48.0 Å². The lowest BCUT2D eigenvalue weighted by atomic mass is 10.1. The number of anilines is 1. The molecule has 2 aromatic carbocycles. The summed E-state index contributed by atoms with van der Waals surface area (Å²) in [6.45, 7) is 3.55. The number of carbonyl (C=O) groups excluding carboxylic acids is 2. The molecule has 1 saturated heterocycles. The molecule has 2 aromatic rings. The Kier molecular flexibility index (Phi) is 7.84. The molecule has 1 aliphatic heterocycles. The number of amides is 2. The highest BCUT2D eigenvalue weighted by Crippen LogP contribution is 2.29. The van der Waals surface area contributed by atoms with Gasteiger partial charge in [-0.15, -0.1) is 0 Å². The number of hydrogen-bond acceptors (Lipinski definition) is 6. The molecule has 0 aliphatic carbocycles. The minimum Gasteiger partial charge on any atom is -0.493 e. The number of nitrogens with zero attached hydrogens (tertiary/aromatic N) is 2. The van der Waals surface area contributed by atoms with E-state index in [9.17, 15) is 14.9 Å². The number of hydrogen-bond donors (Lipinski definition) is 1. The minimum absolute atomic E-state index is 0.0280. The van der Waals surface area contributed by atoms with E-state index in [1.165, 1.54) is 13.2 Å². The van der Waals surface area contributed by atoms with Crippen molar-refractivity contribution in [3.05, 3.63) is 59.2 Å². The van der Waals surface area contributed by atoms with E-state index >= 15 is 0 Å². The molecular weight excluding hydrogens is 410 g/mol. The standard InChI is InChI=1S/C24H25N3O5/c1-17-5-3-4-6-20(17)26-23(28)16-32-21-8-7-18(14-22(21)30-2)13-19(15-25)24(29)27-9-11-31-12-10-27/h3-8,13-14H,9-12,16H2,1-2H3,(H,26,28)/b19-13-. The summed E-state index contributed by atoms with van der Waals surface area (Å²) in [5.74, 6) is 0.136. The Morgan fingerprint density at radius 2 is 1.94 bits per heavy atom. The molecule has 0 spiro atoms. The average Bonchev–Trinajstić information content (AvgIpc) is 2.83. The Morgan fingerprint density at radius 3 is 2.62 bits per heavy atom. The highest BCUT2D eigenvalue weighted by molar-refractivity contribution is 6.01. The van der Waals surface area contributed by atoms with Gasteiger partial charge in [0.1, 0.15) is 11.6 Å². The van der Waals surface area contributed by atoms with Crippen molar-refractivity contribution < 1.29 is 23.8 Å². The van der Waals surface area contributed by atoms with Gasteiger partial charge in [0.05, 0.1) is 20.3 Å². The Balaban J connectivity index is 1.67. The van der Waals surface area contributed by atoms with Gasteiger partial charge < -0.3 is 24.4 Å². The fourth-order valence-corrected chi connectivity index (χ4v) is 3.18. The second-order valence-electron chi connectivity index (χ2n) is 7.14. The third-order valence-electron chi connectivity index (χ3n) is 4.93. The summed E-state index contributed by atoms with van der Waals surface area (Å²) in [4.78, 5) is 26.4. The zero-order valence-electron chi connectivity index (χ0n) is 18.1. The van der Waals surface area contributed by atoms with Gasteiger partial charge in [0.15, 0.2) is 18.1 Å². The first-order valence-corrected chi connectivity index (χ1v) is 10.2. The molecule has 1 fully saturated rings. The number of nitrogens with one attached hydrogen (secondary N) is 1. The number of nitriles is 1. The van der Waals surface area contributed by atoms with E-state index in [0.29, 0.717) is 43.4 Å². The average molecular weight is 435 g/mol. The van der Waals surface area contributed by atoms with Crippen LogP contribution in [0.5, 0.6) is 11.5 Å². The van der Waals surface area contributed by atoms with Crippen molar-refractivity contribution in [3.8, 4) is 17.6 Å². The summed E-state index contributed by atoms with van der Waals surface area (Å²) >= 11 is 0. The molecule has 1 heterocycles. The van der Waals surface area contributed by atoms with Crippen LogP contribution in [0.3, 0.4) is 0 Å². The van der Waals surface area contributed by atoms with Gasteiger partial charge in [-0.25, -0.2) is 0 Å². The van der Waals surface area contributed by atoms with E-state index in [1.54, 1.807) is 23.1 Å². The van der Waals surface area contributed by atoms with E-state index in [-0.39, 0.29) is 24.0 Å². The number of para-hydroxylation sites is 1. The Bertz CT molecular complexity index is 1050. The van der Waals surface area contributed by atoms with E-state index in [0.717, 1.165) is 11.3 Å². The smallest absolute Gasteiger partial charge is 0.264 e. The molecule has 32 heavy (non-hydrogen) atoms. The van der Waals surface area contributed by atoms with Gasteiger partial charge in [0.2, 0.25) is 0 Å². The molecule has 3 rings (SSSR count). The normalized spacial score (nSPS) is 13.8. The zero-order valence-corrected chi connectivity index (χ0v) is 18.1. The van der Waals surface area contributed by atoms with Crippen molar-refractivity contribution in [2.45, 2.75) is 6.92 Å². The summed E-state index contributed by atoms with van der Waals surface area (Å²) in [6, 6.07) is 14.4. The van der Waals surface area contributed by atoms with Gasteiger partial charge in [-0.05, 0) is 42.3 Å². The lowest BCUT2D eigenvalue weighted by Gasteiger charge is -2.26. The number of aryl methyl sites for hydroxylation is 1. The summed E-state index contributed by atoms with van der Waals surface area (Å²) in [7, 11) is 1.48. The second-order valence-corrected chi connectivity index (χ2v) is 7.14. The molecule has 8 heteroatoms. The summed E-state index contributed by atoms with van der Waals surface area (Å²) < 4.78 is 16.2. The van der Waals surface area contributed by atoms with Crippen molar-refractivity contribution in [1.29, 1.82) is 5.26 Å². The van der Waals surface area contributed by atoms with E-state index in [2.05, 4.69) is 5.32 Å². The monoisotopic (exact) mass is 435 g/mol. The maximum absolute atomic E-state index is 12.6. The van der Waals surface area contributed by atoms with E-state index in [4.69, 9.17) is 14.2 Å². The molecule has 0 atom stereocenters. The highest BCUT2D eigenvalue weighted by Gasteiger charge is 2.20. The van der Waals surface area contributed by atoms with Gasteiger partial charge in [-0.3, -0.25) is 9.59 Å². The molecular formula is C24H25N3O5. The first kappa shape index (κ1) is 22.8. The number of ether oxygens (including phenoxy) is 3. The van der Waals surface area contributed by atoms with Crippen LogP contribution in [0.4, 0.5) is 5.69 Å². The van der Waals surface area contributed by atoms with Gasteiger partial charge in [0.25, 0.3) is 11.8 Å². The van der Waals surface area contributed by atoms with Gasteiger partial charge in [0, 0.05) is 18.8 Å². The van der Waals surface area contributed by atoms with Crippen molar-refractivity contribution in [1.82, 2.24) is 4.90 Å². The molecule has 0 bridgehead atoms. The van der Waals surface area contributed by atoms with Crippen molar-refractivity contribution in [2.24, 2.45) is 0 Å². The van der Waals surface area contributed by atoms with Crippen molar-refractivity contribution in [3.63, 3.8) is 0 Å². The highest BCUT2D eigenvalue weighted by atomic mass is 16.5. The topological polar surface area (TPSA) is 101 Å². The molecule has 1 aliphatic rings. The van der Waals surface area contributed by atoms with E-state index < -0.39 is 0 Å². The maximum atomic E-state index is 12.6. The Morgan fingerprint density at radius 1 is 1.19 bits per heavy atom. The van der Waals surface area contributed by atoms with Crippen LogP contribution in [0.2, 0.25) is 0 Å². The maximum Gasteiger partial charge on any atom is 0.264 e. The summed E-state index contributed by atoms with van der Waals surface area (Å²) in [5.41, 5.74) is 2.31. The number of methoxy groups -OCH3 is 1. The fraction of sp³-hybridized carbons (Fsp3) is 0.292. The predicted molar refractivity (Wildman–Crippen MR) is 119 cm³/mol. The quantitative estimate of drug-likeness (QED) is 0.530. The molecule has 0 saturated carbocycles. The van der Waals surface area contributed by atoms with Crippen LogP contribution < -0.4 is 14.8 Å². The Labute approximate surface area is 187 Å². The number of carbonyl (C=O) groups is 2. The van der Waals surface area contributed by atoms with Crippen LogP contribution in [-0.2, 0) is 14.3 Å². The largest absolute Gasteiger partial charge is 0.493 e. The number of rotatable bonds is 7. The summed E-state index contributed by atoms with van der Waals surface area (Å²) in [6.07, 6.45) is 1.51. The molecule has 0 aromatic heterocycles. The van der Waals surface area contributed by atoms with E-state index in [1.807, 2.05) is 37.3 Å². The molecule has 2 amide bonds. The number of benzene rings is 2. The molecule has 1 N–H and O–H groups in total. The van der Waals surface area contributed by atoms with Gasteiger partial charge >= 0.3 is 0 Å². The minimum atomic E-state index is -0.331. The molecule has 0 unspecified atom stereocenters. The van der Waals surface area contributed by atoms with Crippen LogP contribution in [-0.4, -0.2) is 56.7 Å². The number of morpholine rings is 1. The first-order chi connectivity index (χ1) is 15.5. The lowest BCUT2D eigenvalue weighted by Crippen LogP contribution is -2.41. The van der Waals surface area contributed by atoms with Gasteiger partial charge in [-0.2, -0.15) is 5.26 Å². The van der Waals surface area contributed by atoms with Gasteiger partial charge in [-0.1, -0.05) is 24.3 Å². The third kappa shape index (κ3) is 5.86. The fourth-order valence-electron chi connectivity index (χ4n) is 3.18. The van der Waals surface area contributed by atoms with Crippen LogP contribution in [0.25, 0.3) is 6.08 Å². The molecule has 166 valence electrons. The molecule has 0 radical (unpaired) electrons. The Hall–Kier alpha value is -3.83. The SMILES string of the molecule is COc1cc(/C=C(/C#N)C(=O)N2CCOCC2)ccc1OCC(=O)Nc1ccccc1C. The second kappa shape index (κ2) is 11.0. The van der Waals surface area contributed by atoms with Crippen molar-refractivity contribution in [2.75, 3.05) is 45.3 Å². The van der Waals surface area contributed by atoms with Crippen LogP contribution in [0, 0.1) is 18.3 Å². The third-order valence-corrected chi connectivity index (χ3v) is 4.93. The first-order valence-electron chi connectivity index (χ1n) is 10.2. The zero-order chi connectivity index (χ0) is 22.9. The lowest BCUT2D eigenvalue weighted by molar-refractivity contribution is -0.130. The van der Waals surface area contributed by atoms with Crippen LogP contribution >= 0.6 is 0 Å². The molecule has 8 nitrogen and oxygen atoms in total. The van der Waals surface area contributed by atoms with Crippen molar-refractivity contribution >= 4 is 23.6 Å². The predicted octanol–water partition coefficient (Wildman–Crippen LogP) is 2.79.